The highest BCUT2D eigenvalue weighted by atomic mass is 16.5. The third kappa shape index (κ3) is 4.30. The minimum atomic E-state index is -0.779. The maximum absolute atomic E-state index is 12.2. The zero-order chi connectivity index (χ0) is 17.7. The molecule has 1 aliphatic carbocycles. The number of ether oxygens (including phenoxy) is 1. The zero-order valence-electron chi connectivity index (χ0n) is 14.2. The summed E-state index contributed by atoms with van der Waals surface area (Å²) in [4.78, 5) is 12.2. The molecule has 25 heavy (non-hydrogen) atoms. The van der Waals surface area contributed by atoms with Gasteiger partial charge in [0.05, 0.1) is 18.3 Å². The number of hydrogen-bond acceptors (Lipinski definition) is 4. The second kappa shape index (κ2) is 7.27. The Morgan fingerprint density at radius 2 is 1.88 bits per heavy atom. The smallest absolute Gasteiger partial charge is 0.240 e. The molecule has 0 heterocycles. The van der Waals surface area contributed by atoms with Crippen molar-refractivity contribution in [1.82, 2.24) is 5.32 Å². The quantitative estimate of drug-likeness (QED) is 0.809. The molecule has 3 rings (SSSR count). The molecule has 0 saturated heterocycles. The number of nitrogens with zero attached hydrogens (tertiary/aromatic N) is 1. The van der Waals surface area contributed by atoms with Crippen LogP contribution in [0.1, 0.15) is 19.8 Å². The molecule has 0 unspecified atom stereocenters. The number of hydrogen-bond donors (Lipinski definition) is 2. The Hall–Kier alpha value is -3.00. The largest absolute Gasteiger partial charge is 0.455 e. The molecule has 2 aromatic carbocycles. The molecule has 1 saturated carbocycles. The van der Waals surface area contributed by atoms with Crippen LogP contribution in [0.15, 0.2) is 54.6 Å². The highest BCUT2D eigenvalue weighted by Crippen LogP contribution is 2.39. The molecule has 1 amide bonds. The van der Waals surface area contributed by atoms with E-state index in [4.69, 9.17) is 4.74 Å². The Morgan fingerprint density at radius 3 is 2.56 bits per heavy atom. The first kappa shape index (κ1) is 16.8. The lowest BCUT2D eigenvalue weighted by Crippen LogP contribution is -2.48. The van der Waals surface area contributed by atoms with Crippen molar-refractivity contribution >= 4 is 11.6 Å². The Kier molecular flexibility index (Phi) is 4.90. The van der Waals surface area contributed by atoms with E-state index < -0.39 is 5.54 Å². The summed E-state index contributed by atoms with van der Waals surface area (Å²) in [5, 5.41) is 15.3. The molecule has 0 aliphatic heterocycles. The normalized spacial score (nSPS) is 15.5. The van der Waals surface area contributed by atoms with E-state index >= 15 is 0 Å². The van der Waals surface area contributed by atoms with Crippen LogP contribution in [0.3, 0.4) is 0 Å². The summed E-state index contributed by atoms with van der Waals surface area (Å²) in [6, 6.07) is 19.2. The lowest BCUT2D eigenvalue weighted by molar-refractivity contribution is -0.120. The van der Waals surface area contributed by atoms with Gasteiger partial charge >= 0.3 is 0 Å². The maximum atomic E-state index is 12.2. The van der Waals surface area contributed by atoms with E-state index in [-0.39, 0.29) is 18.4 Å². The van der Waals surface area contributed by atoms with Gasteiger partial charge in [0.25, 0.3) is 0 Å². The molecule has 5 nitrogen and oxygen atoms in total. The number of carbonyl (C=O) groups excluding carboxylic acids is 1. The Balaban J connectivity index is 1.61. The number of rotatable bonds is 7. The molecule has 0 bridgehead atoms. The third-order valence-electron chi connectivity index (χ3n) is 4.32. The molecular weight excluding hydrogens is 314 g/mol. The molecule has 128 valence electrons. The van der Waals surface area contributed by atoms with Crippen molar-refractivity contribution in [2.75, 3.05) is 11.9 Å². The van der Waals surface area contributed by atoms with E-state index in [2.05, 4.69) is 16.7 Å². The van der Waals surface area contributed by atoms with Gasteiger partial charge in [-0.15, -0.1) is 0 Å². The fourth-order valence-corrected chi connectivity index (χ4v) is 2.71. The van der Waals surface area contributed by atoms with Crippen molar-refractivity contribution < 1.29 is 9.53 Å². The zero-order valence-corrected chi connectivity index (χ0v) is 14.2. The first-order valence-corrected chi connectivity index (χ1v) is 8.39. The van der Waals surface area contributed by atoms with Crippen molar-refractivity contribution in [2.45, 2.75) is 25.3 Å². The lowest BCUT2D eigenvalue weighted by Gasteiger charge is -2.23. The van der Waals surface area contributed by atoms with Gasteiger partial charge in [0.2, 0.25) is 5.91 Å². The minimum Gasteiger partial charge on any atom is -0.455 e. The van der Waals surface area contributed by atoms with Crippen LogP contribution >= 0.6 is 0 Å². The van der Waals surface area contributed by atoms with E-state index in [1.807, 2.05) is 54.6 Å². The van der Waals surface area contributed by atoms with Crippen LogP contribution in [0.25, 0.3) is 0 Å². The van der Waals surface area contributed by atoms with Gasteiger partial charge in [-0.1, -0.05) is 30.3 Å². The predicted molar refractivity (Wildman–Crippen MR) is 96.3 cm³/mol. The van der Waals surface area contributed by atoms with E-state index in [1.165, 1.54) is 0 Å². The van der Waals surface area contributed by atoms with E-state index in [0.29, 0.717) is 5.75 Å². The summed E-state index contributed by atoms with van der Waals surface area (Å²) in [5.41, 5.74) is -0.0506. The van der Waals surface area contributed by atoms with Crippen LogP contribution in [0.4, 0.5) is 5.69 Å². The number of carbonyl (C=O) groups is 1. The van der Waals surface area contributed by atoms with Crippen LogP contribution in [0, 0.1) is 17.2 Å². The molecule has 1 fully saturated rings. The van der Waals surface area contributed by atoms with Gasteiger partial charge in [-0.25, -0.2) is 0 Å². The summed E-state index contributed by atoms with van der Waals surface area (Å²) in [6.45, 7) is 1.87. The first-order chi connectivity index (χ1) is 12.1. The van der Waals surface area contributed by atoms with Crippen LogP contribution in [0.2, 0.25) is 0 Å². The Labute approximate surface area is 147 Å². The molecule has 0 spiro atoms. The van der Waals surface area contributed by atoms with Crippen LogP contribution < -0.4 is 15.4 Å². The average molecular weight is 335 g/mol. The second-order valence-corrected chi connectivity index (χ2v) is 6.40. The van der Waals surface area contributed by atoms with Crippen molar-refractivity contribution in [1.29, 1.82) is 5.26 Å². The van der Waals surface area contributed by atoms with Gasteiger partial charge in [0.15, 0.2) is 5.75 Å². The predicted octanol–water partition coefficient (Wildman–Crippen LogP) is 3.70. The van der Waals surface area contributed by atoms with Crippen molar-refractivity contribution in [2.24, 2.45) is 5.92 Å². The van der Waals surface area contributed by atoms with Gasteiger partial charge in [-0.3, -0.25) is 4.79 Å². The SMILES string of the molecule is C[C@@](C#N)(NC(=O)CNc1ccccc1Oc1ccccc1)C1CC1. The van der Waals surface area contributed by atoms with E-state index in [0.717, 1.165) is 24.3 Å². The summed E-state index contributed by atoms with van der Waals surface area (Å²) in [5.74, 6) is 1.43. The van der Waals surface area contributed by atoms with Gasteiger partial charge in [-0.2, -0.15) is 5.26 Å². The number of amides is 1. The molecule has 2 aromatic rings. The number of anilines is 1. The second-order valence-electron chi connectivity index (χ2n) is 6.40. The highest BCUT2D eigenvalue weighted by Gasteiger charge is 2.42. The molecule has 1 atom stereocenters. The first-order valence-electron chi connectivity index (χ1n) is 8.39. The van der Waals surface area contributed by atoms with Crippen LogP contribution in [0.5, 0.6) is 11.5 Å². The summed E-state index contributed by atoms with van der Waals surface area (Å²) < 4.78 is 5.87. The molecule has 0 aromatic heterocycles. The fraction of sp³-hybridized carbons (Fsp3) is 0.300. The molecule has 5 heteroatoms. The standard InChI is InChI=1S/C20H21N3O2/c1-20(14-21,15-11-12-15)23-19(24)13-22-17-9-5-6-10-18(17)25-16-7-3-2-4-8-16/h2-10,15,22H,11-13H2,1H3,(H,23,24)/t20-/m0/s1. The van der Waals surface area contributed by atoms with Crippen LogP contribution in [-0.4, -0.2) is 18.0 Å². The van der Waals surface area contributed by atoms with Gasteiger partial charge in [-0.05, 0) is 49.9 Å². The highest BCUT2D eigenvalue weighted by molar-refractivity contribution is 5.82. The molecule has 1 aliphatic rings. The number of nitrogens with one attached hydrogen (secondary N) is 2. The van der Waals surface area contributed by atoms with Gasteiger partial charge in [0.1, 0.15) is 11.3 Å². The van der Waals surface area contributed by atoms with Crippen molar-refractivity contribution in [3.8, 4) is 17.6 Å². The number of benzene rings is 2. The van der Waals surface area contributed by atoms with Gasteiger partial charge < -0.3 is 15.4 Å². The average Bonchev–Trinajstić information content (AvgIpc) is 3.47. The Bertz CT molecular complexity index is 781. The molecule has 0 radical (unpaired) electrons. The fourth-order valence-electron chi connectivity index (χ4n) is 2.71. The molecular formula is C20H21N3O2. The third-order valence-corrected chi connectivity index (χ3v) is 4.32. The van der Waals surface area contributed by atoms with E-state index in [1.54, 1.807) is 6.92 Å². The number of para-hydroxylation sites is 3. The number of nitriles is 1. The lowest BCUT2D eigenvalue weighted by atomic mass is 9.98. The summed E-state index contributed by atoms with van der Waals surface area (Å²) in [7, 11) is 0. The maximum Gasteiger partial charge on any atom is 0.240 e. The minimum absolute atomic E-state index is 0.0825. The van der Waals surface area contributed by atoms with Crippen molar-refractivity contribution in [3.63, 3.8) is 0 Å². The monoisotopic (exact) mass is 335 g/mol. The molecule has 2 N–H and O–H groups in total. The van der Waals surface area contributed by atoms with Crippen molar-refractivity contribution in [3.05, 3.63) is 54.6 Å². The van der Waals surface area contributed by atoms with Gasteiger partial charge in [0, 0.05) is 0 Å². The topological polar surface area (TPSA) is 74.2 Å². The van der Waals surface area contributed by atoms with Crippen LogP contribution in [-0.2, 0) is 4.79 Å². The summed E-state index contributed by atoms with van der Waals surface area (Å²) in [6.07, 6.45) is 1.98. The summed E-state index contributed by atoms with van der Waals surface area (Å²) >= 11 is 0. The van der Waals surface area contributed by atoms with E-state index in [9.17, 15) is 10.1 Å². The Morgan fingerprint density at radius 1 is 1.20 bits per heavy atom.